The Balaban J connectivity index is 2.25. The summed E-state index contributed by atoms with van der Waals surface area (Å²) in [6.45, 7) is 0. The second kappa shape index (κ2) is 2.81. The fraction of sp³-hybridized carbons (Fsp3) is 0.667. The lowest BCUT2D eigenvalue weighted by Gasteiger charge is -2.04. The molecule has 0 aliphatic heterocycles. The van der Waals surface area contributed by atoms with Gasteiger partial charge >= 0.3 is 0 Å². The average molecular weight is 165 g/mol. The van der Waals surface area contributed by atoms with Crippen molar-refractivity contribution in [2.45, 2.75) is 31.6 Å². The van der Waals surface area contributed by atoms with Gasteiger partial charge in [0, 0.05) is 19.2 Å². The molecule has 0 atom stereocenters. The molecule has 1 aliphatic rings. The highest BCUT2D eigenvalue weighted by Crippen LogP contribution is 2.35. The van der Waals surface area contributed by atoms with Crippen molar-refractivity contribution < 1.29 is 0 Å². The summed E-state index contributed by atoms with van der Waals surface area (Å²) in [7, 11) is 1.93. The summed E-state index contributed by atoms with van der Waals surface area (Å²) in [5.74, 6) is 0.631. The quantitative estimate of drug-likeness (QED) is 0.687. The smallest absolute Gasteiger partial charge is 0.0884 e. The molecule has 2 N–H and O–H groups in total. The van der Waals surface area contributed by atoms with Gasteiger partial charge in [-0.05, 0) is 12.8 Å². The summed E-state index contributed by atoms with van der Waals surface area (Å²) in [5, 5.41) is 4.38. The maximum atomic E-state index is 5.84. The molecule has 1 heterocycles. The molecule has 1 aliphatic carbocycles. The zero-order valence-electron chi connectivity index (χ0n) is 7.45. The van der Waals surface area contributed by atoms with Crippen LogP contribution < -0.4 is 5.73 Å². The van der Waals surface area contributed by atoms with Crippen LogP contribution in [0.2, 0.25) is 0 Å². The first-order valence-corrected chi connectivity index (χ1v) is 4.56. The van der Waals surface area contributed by atoms with Crippen molar-refractivity contribution in [3.63, 3.8) is 0 Å². The largest absolute Gasteiger partial charge is 0.396 e. The summed E-state index contributed by atoms with van der Waals surface area (Å²) in [5.41, 5.74) is 7.82. The molecular weight excluding hydrogens is 150 g/mol. The van der Waals surface area contributed by atoms with Crippen molar-refractivity contribution in [2.24, 2.45) is 7.05 Å². The molecule has 0 radical (unpaired) electrons. The molecule has 0 aromatic carbocycles. The van der Waals surface area contributed by atoms with Crippen LogP contribution >= 0.6 is 0 Å². The highest BCUT2D eigenvalue weighted by atomic mass is 15.3. The van der Waals surface area contributed by atoms with Crippen LogP contribution in [-0.2, 0) is 7.05 Å². The average Bonchev–Trinajstić information content (AvgIpc) is 2.58. The third kappa shape index (κ3) is 1.19. The van der Waals surface area contributed by atoms with Gasteiger partial charge in [0.2, 0.25) is 0 Å². The first kappa shape index (κ1) is 7.65. The van der Waals surface area contributed by atoms with Crippen LogP contribution in [0.4, 0.5) is 5.69 Å². The van der Waals surface area contributed by atoms with Gasteiger partial charge in [-0.15, -0.1) is 0 Å². The first-order valence-electron chi connectivity index (χ1n) is 4.56. The lowest BCUT2D eigenvalue weighted by atomic mass is 10.0. The van der Waals surface area contributed by atoms with Crippen LogP contribution in [0.5, 0.6) is 0 Å². The van der Waals surface area contributed by atoms with E-state index in [9.17, 15) is 0 Å². The van der Waals surface area contributed by atoms with Crippen molar-refractivity contribution in [1.82, 2.24) is 9.78 Å². The standard InChI is InChI=1S/C9H15N3/c1-12-6-8(10)9(11-12)7-4-2-3-5-7/h6-7H,2-5,10H2,1H3. The number of nitrogen functional groups attached to an aromatic ring is 1. The van der Waals surface area contributed by atoms with Gasteiger partial charge in [0.1, 0.15) is 0 Å². The Morgan fingerprint density at radius 2 is 2.17 bits per heavy atom. The summed E-state index contributed by atoms with van der Waals surface area (Å²) < 4.78 is 1.81. The lowest BCUT2D eigenvalue weighted by molar-refractivity contribution is 0.658. The van der Waals surface area contributed by atoms with Gasteiger partial charge in [-0.1, -0.05) is 12.8 Å². The Kier molecular flexibility index (Phi) is 1.79. The second-order valence-corrected chi connectivity index (χ2v) is 3.62. The molecule has 3 heteroatoms. The zero-order chi connectivity index (χ0) is 8.55. The predicted octanol–water partition coefficient (Wildman–Crippen LogP) is 1.66. The molecule has 0 saturated heterocycles. The van der Waals surface area contributed by atoms with E-state index in [4.69, 9.17) is 5.73 Å². The summed E-state index contributed by atoms with van der Waals surface area (Å²) in [6, 6.07) is 0. The van der Waals surface area contributed by atoms with Gasteiger partial charge in [-0.25, -0.2) is 0 Å². The van der Waals surface area contributed by atoms with Crippen LogP contribution in [-0.4, -0.2) is 9.78 Å². The minimum atomic E-state index is 0.631. The minimum absolute atomic E-state index is 0.631. The molecule has 12 heavy (non-hydrogen) atoms. The SMILES string of the molecule is Cn1cc(N)c(C2CCCC2)n1. The normalized spacial score (nSPS) is 18.8. The van der Waals surface area contributed by atoms with E-state index in [1.165, 1.54) is 25.7 Å². The Morgan fingerprint density at radius 1 is 1.50 bits per heavy atom. The van der Waals surface area contributed by atoms with Crippen LogP contribution in [0.1, 0.15) is 37.3 Å². The highest BCUT2D eigenvalue weighted by molar-refractivity contribution is 5.42. The second-order valence-electron chi connectivity index (χ2n) is 3.62. The molecule has 2 rings (SSSR count). The number of aryl methyl sites for hydroxylation is 1. The van der Waals surface area contributed by atoms with Crippen molar-refractivity contribution in [2.75, 3.05) is 5.73 Å². The van der Waals surface area contributed by atoms with Crippen LogP contribution in [0.15, 0.2) is 6.20 Å². The van der Waals surface area contributed by atoms with Crippen molar-refractivity contribution in [3.05, 3.63) is 11.9 Å². The molecule has 3 nitrogen and oxygen atoms in total. The van der Waals surface area contributed by atoms with Gasteiger partial charge in [-0.2, -0.15) is 5.10 Å². The number of rotatable bonds is 1. The van der Waals surface area contributed by atoms with E-state index in [0.29, 0.717) is 5.92 Å². The third-order valence-corrected chi connectivity index (χ3v) is 2.63. The number of hydrogen-bond acceptors (Lipinski definition) is 2. The zero-order valence-corrected chi connectivity index (χ0v) is 7.45. The first-order chi connectivity index (χ1) is 5.77. The van der Waals surface area contributed by atoms with E-state index < -0.39 is 0 Å². The third-order valence-electron chi connectivity index (χ3n) is 2.63. The monoisotopic (exact) mass is 165 g/mol. The van der Waals surface area contributed by atoms with Gasteiger partial charge in [0.05, 0.1) is 11.4 Å². The van der Waals surface area contributed by atoms with E-state index in [2.05, 4.69) is 5.10 Å². The fourth-order valence-corrected chi connectivity index (χ4v) is 2.04. The summed E-state index contributed by atoms with van der Waals surface area (Å²) in [4.78, 5) is 0. The number of hydrogen-bond donors (Lipinski definition) is 1. The van der Waals surface area contributed by atoms with Gasteiger partial charge < -0.3 is 5.73 Å². The molecule has 1 saturated carbocycles. The Bertz CT molecular complexity index is 271. The Morgan fingerprint density at radius 3 is 2.67 bits per heavy atom. The molecule has 66 valence electrons. The van der Waals surface area contributed by atoms with Crippen LogP contribution in [0.3, 0.4) is 0 Å². The molecule has 0 spiro atoms. The van der Waals surface area contributed by atoms with Crippen LogP contribution in [0, 0.1) is 0 Å². The van der Waals surface area contributed by atoms with Gasteiger partial charge in [0.25, 0.3) is 0 Å². The number of anilines is 1. The molecule has 0 unspecified atom stereocenters. The Labute approximate surface area is 72.6 Å². The molecule has 1 aromatic heterocycles. The number of nitrogens with zero attached hydrogens (tertiary/aromatic N) is 2. The maximum Gasteiger partial charge on any atom is 0.0884 e. The van der Waals surface area contributed by atoms with Crippen molar-refractivity contribution >= 4 is 5.69 Å². The molecular formula is C9H15N3. The molecule has 0 bridgehead atoms. The van der Waals surface area contributed by atoms with E-state index in [0.717, 1.165) is 11.4 Å². The topological polar surface area (TPSA) is 43.8 Å². The maximum absolute atomic E-state index is 5.84. The molecule has 0 amide bonds. The Hall–Kier alpha value is -0.990. The van der Waals surface area contributed by atoms with E-state index in [1.54, 1.807) is 0 Å². The van der Waals surface area contributed by atoms with Gasteiger partial charge in [-0.3, -0.25) is 4.68 Å². The van der Waals surface area contributed by atoms with Crippen LogP contribution in [0.25, 0.3) is 0 Å². The summed E-state index contributed by atoms with van der Waals surface area (Å²) >= 11 is 0. The highest BCUT2D eigenvalue weighted by Gasteiger charge is 2.21. The summed E-state index contributed by atoms with van der Waals surface area (Å²) in [6.07, 6.45) is 7.09. The molecule has 1 aromatic rings. The predicted molar refractivity (Wildman–Crippen MR) is 48.8 cm³/mol. The lowest BCUT2D eigenvalue weighted by Crippen LogP contribution is -1.98. The van der Waals surface area contributed by atoms with Crippen molar-refractivity contribution in [1.29, 1.82) is 0 Å². The van der Waals surface area contributed by atoms with Gasteiger partial charge in [0.15, 0.2) is 0 Å². The number of aromatic nitrogens is 2. The number of nitrogens with two attached hydrogens (primary N) is 1. The fourth-order valence-electron chi connectivity index (χ4n) is 2.04. The van der Waals surface area contributed by atoms with E-state index >= 15 is 0 Å². The van der Waals surface area contributed by atoms with Crippen molar-refractivity contribution in [3.8, 4) is 0 Å². The van der Waals surface area contributed by atoms with E-state index in [-0.39, 0.29) is 0 Å². The molecule has 1 fully saturated rings. The van der Waals surface area contributed by atoms with E-state index in [1.807, 2.05) is 17.9 Å². The minimum Gasteiger partial charge on any atom is -0.396 e.